The Balaban J connectivity index is 0.000000385. The molecule has 90 valence electrons. The summed E-state index contributed by atoms with van der Waals surface area (Å²) in [6.45, 7) is 0. The molecule has 0 aromatic heterocycles. The van der Waals surface area contributed by atoms with Gasteiger partial charge in [-0.05, 0) is 18.2 Å². The minimum absolute atomic E-state index is 0.0399. The summed E-state index contributed by atoms with van der Waals surface area (Å²) in [7, 11) is -3.20. The van der Waals surface area contributed by atoms with Crippen molar-refractivity contribution in [2.75, 3.05) is 7.11 Å². The number of phenols is 1. The van der Waals surface area contributed by atoms with Gasteiger partial charge < -0.3 is 24.5 Å². The average molecular weight is 250 g/mol. The van der Waals surface area contributed by atoms with E-state index in [-0.39, 0.29) is 5.75 Å². The van der Waals surface area contributed by atoms with Crippen LogP contribution in [0.15, 0.2) is 18.2 Å². The number of rotatable bonds is 2. The van der Waals surface area contributed by atoms with Crippen molar-refractivity contribution >= 4 is 14.1 Å². The Morgan fingerprint density at radius 3 is 2.19 bits per heavy atom. The van der Waals surface area contributed by atoms with Gasteiger partial charge in [0.25, 0.3) is 0 Å². The van der Waals surface area contributed by atoms with Gasteiger partial charge in [0.15, 0.2) is 11.5 Å². The first kappa shape index (κ1) is 14.6. The summed E-state index contributed by atoms with van der Waals surface area (Å²) in [5.74, 6) is 0.354. The van der Waals surface area contributed by atoms with Crippen molar-refractivity contribution in [3.8, 4) is 11.5 Å². The number of phenolic OH excluding ortho intramolecular Hbond substituents is 1. The maximum atomic E-state index is 10.2. The zero-order valence-electron chi connectivity index (χ0n) is 8.27. The normalized spacial score (nSPS) is 10.0. The second kappa shape index (κ2) is 6.24. The molecule has 0 aliphatic heterocycles. The van der Waals surface area contributed by atoms with Crippen LogP contribution < -0.4 is 4.74 Å². The zero-order chi connectivity index (χ0) is 12.8. The fourth-order valence-corrected chi connectivity index (χ4v) is 0.768. The number of carbonyl (C=O) groups is 1. The number of hydrogen-bond donors (Lipinski definition) is 4. The first-order valence-electron chi connectivity index (χ1n) is 3.88. The third-order valence-electron chi connectivity index (χ3n) is 1.34. The summed E-state index contributed by atoms with van der Waals surface area (Å²) in [4.78, 5) is 31.8. The van der Waals surface area contributed by atoms with Crippen LogP contribution in [0.1, 0.15) is 10.4 Å². The molecule has 0 saturated heterocycles. The molecule has 0 radical (unpaired) electrons. The molecule has 0 heterocycles. The number of aromatic hydroxyl groups is 1. The SMILES string of the molecule is COc1cc(C=O)ccc1O.O=P(O)(O)O. The van der Waals surface area contributed by atoms with E-state index in [1.54, 1.807) is 0 Å². The van der Waals surface area contributed by atoms with Crippen molar-refractivity contribution in [3.63, 3.8) is 0 Å². The van der Waals surface area contributed by atoms with Crippen molar-refractivity contribution in [2.24, 2.45) is 0 Å². The van der Waals surface area contributed by atoms with Gasteiger partial charge in [0.1, 0.15) is 6.29 Å². The smallest absolute Gasteiger partial charge is 0.466 e. The van der Waals surface area contributed by atoms with Crippen molar-refractivity contribution in [3.05, 3.63) is 23.8 Å². The summed E-state index contributed by atoms with van der Waals surface area (Å²) in [5.41, 5.74) is 0.486. The van der Waals surface area contributed by atoms with Crippen LogP contribution in [0.3, 0.4) is 0 Å². The number of methoxy groups -OCH3 is 1. The highest BCUT2D eigenvalue weighted by atomic mass is 31.2. The lowest BCUT2D eigenvalue weighted by Gasteiger charge is -2.01. The average Bonchev–Trinajstić information content (AvgIpc) is 2.16. The van der Waals surface area contributed by atoms with Gasteiger partial charge in [-0.1, -0.05) is 0 Å². The van der Waals surface area contributed by atoms with Gasteiger partial charge in [0.05, 0.1) is 7.11 Å². The maximum Gasteiger partial charge on any atom is 0.466 e. The van der Waals surface area contributed by atoms with E-state index < -0.39 is 7.82 Å². The quantitative estimate of drug-likeness (QED) is 0.439. The van der Waals surface area contributed by atoms with Crippen molar-refractivity contribution in [2.45, 2.75) is 0 Å². The summed E-state index contributed by atoms with van der Waals surface area (Å²) < 4.78 is 13.7. The molecule has 4 N–H and O–H groups in total. The summed E-state index contributed by atoms with van der Waals surface area (Å²) >= 11 is 0. The zero-order valence-corrected chi connectivity index (χ0v) is 9.16. The number of carbonyl (C=O) groups excluding carboxylic acids is 1. The van der Waals surface area contributed by atoms with Gasteiger partial charge in [-0.3, -0.25) is 4.79 Å². The fourth-order valence-electron chi connectivity index (χ4n) is 0.768. The second-order valence-electron chi connectivity index (χ2n) is 2.56. The van der Waals surface area contributed by atoms with Crippen LogP contribution in [0, 0.1) is 0 Å². The number of phosphoric acid groups is 1. The Kier molecular flexibility index (Phi) is 5.69. The summed E-state index contributed by atoms with van der Waals surface area (Å²) in [5, 5.41) is 9.09. The minimum Gasteiger partial charge on any atom is -0.504 e. The lowest BCUT2D eigenvalue weighted by molar-refractivity contribution is 0.112. The molecule has 0 saturated carbocycles. The molecule has 16 heavy (non-hydrogen) atoms. The molecule has 0 aliphatic carbocycles. The van der Waals surface area contributed by atoms with E-state index in [1.165, 1.54) is 25.3 Å². The predicted octanol–water partition coefficient (Wildman–Crippen LogP) is 0.285. The van der Waals surface area contributed by atoms with Crippen molar-refractivity contribution < 1.29 is 33.9 Å². The van der Waals surface area contributed by atoms with Gasteiger partial charge in [-0.2, -0.15) is 0 Å². The Labute approximate surface area is 91.2 Å². The van der Waals surface area contributed by atoms with Crippen LogP contribution >= 0.6 is 7.82 Å². The van der Waals surface area contributed by atoms with Gasteiger partial charge >= 0.3 is 7.82 Å². The molecule has 0 fully saturated rings. The van der Waals surface area contributed by atoms with Crippen LogP contribution in [0.2, 0.25) is 0 Å². The van der Waals surface area contributed by atoms with Crippen LogP contribution in [0.5, 0.6) is 11.5 Å². The fraction of sp³-hybridized carbons (Fsp3) is 0.125. The second-order valence-corrected chi connectivity index (χ2v) is 3.59. The molecule has 0 atom stereocenters. The molecule has 0 bridgehead atoms. The molecular formula is C8H11O7P. The van der Waals surface area contributed by atoms with Gasteiger partial charge in [-0.25, -0.2) is 4.57 Å². The monoisotopic (exact) mass is 250 g/mol. The van der Waals surface area contributed by atoms with Crippen molar-refractivity contribution in [1.82, 2.24) is 0 Å². The standard InChI is InChI=1S/C8H8O3.H3O4P/c1-11-8-4-6(5-9)2-3-7(8)10;1-5(2,3)4/h2-5,10H,1H3;(H3,1,2,3,4). The van der Waals surface area contributed by atoms with E-state index in [0.717, 1.165) is 0 Å². The maximum absolute atomic E-state index is 10.2. The molecule has 8 heteroatoms. The first-order valence-corrected chi connectivity index (χ1v) is 5.45. The number of aldehydes is 1. The summed E-state index contributed by atoms with van der Waals surface area (Å²) in [6, 6.07) is 4.41. The molecule has 7 nitrogen and oxygen atoms in total. The molecule has 0 spiro atoms. The highest BCUT2D eigenvalue weighted by molar-refractivity contribution is 7.45. The van der Waals surface area contributed by atoms with Gasteiger partial charge in [0.2, 0.25) is 0 Å². The summed E-state index contributed by atoms with van der Waals surface area (Å²) in [6.07, 6.45) is 0.696. The highest BCUT2D eigenvalue weighted by Gasteiger charge is 2.00. The van der Waals surface area contributed by atoms with E-state index in [2.05, 4.69) is 0 Å². The minimum atomic E-state index is -4.64. The van der Waals surface area contributed by atoms with Crippen LogP contribution in [-0.2, 0) is 4.57 Å². The number of ether oxygens (including phenoxy) is 1. The molecule has 1 aromatic carbocycles. The molecule has 0 unspecified atom stereocenters. The van der Waals surface area contributed by atoms with Gasteiger partial charge in [-0.15, -0.1) is 0 Å². The Bertz CT molecular complexity index is 389. The number of hydrogen-bond acceptors (Lipinski definition) is 4. The van der Waals surface area contributed by atoms with E-state index in [4.69, 9.17) is 29.1 Å². The van der Waals surface area contributed by atoms with E-state index >= 15 is 0 Å². The third kappa shape index (κ3) is 6.97. The predicted molar refractivity (Wildman–Crippen MR) is 54.3 cm³/mol. The Hall–Kier alpha value is -1.40. The van der Waals surface area contributed by atoms with Crippen LogP contribution in [0.4, 0.5) is 0 Å². The Morgan fingerprint density at radius 1 is 1.31 bits per heavy atom. The van der Waals surface area contributed by atoms with Gasteiger partial charge in [0, 0.05) is 5.56 Å². The van der Waals surface area contributed by atoms with E-state index in [9.17, 15) is 4.79 Å². The molecule has 1 aromatic rings. The van der Waals surface area contributed by atoms with Crippen molar-refractivity contribution in [1.29, 1.82) is 0 Å². The molecule has 1 rings (SSSR count). The largest absolute Gasteiger partial charge is 0.504 e. The molecular weight excluding hydrogens is 239 g/mol. The molecule has 0 aliphatic rings. The third-order valence-corrected chi connectivity index (χ3v) is 1.34. The molecule has 0 amide bonds. The van der Waals surface area contributed by atoms with Crippen LogP contribution in [0.25, 0.3) is 0 Å². The van der Waals surface area contributed by atoms with E-state index in [0.29, 0.717) is 17.6 Å². The lowest BCUT2D eigenvalue weighted by Crippen LogP contribution is -1.85. The topological polar surface area (TPSA) is 124 Å². The Morgan fingerprint density at radius 2 is 1.81 bits per heavy atom. The van der Waals surface area contributed by atoms with E-state index in [1.807, 2.05) is 0 Å². The first-order chi connectivity index (χ1) is 7.27. The van der Waals surface area contributed by atoms with Crippen LogP contribution in [-0.4, -0.2) is 33.2 Å². The number of benzene rings is 1. The highest BCUT2D eigenvalue weighted by Crippen LogP contribution is 2.26. The lowest BCUT2D eigenvalue weighted by atomic mass is 10.2.